The largest absolute Gasteiger partial charge is 0.338 e. The summed E-state index contributed by atoms with van der Waals surface area (Å²) in [5.74, 6) is 1.84. The smallest absolute Gasteiger partial charge is 0.227 e. The molecule has 1 fully saturated rings. The number of aromatic nitrogens is 2. The second-order valence-corrected chi connectivity index (χ2v) is 7.95. The lowest BCUT2D eigenvalue weighted by molar-refractivity contribution is 0.311. The van der Waals surface area contributed by atoms with Gasteiger partial charge in [0.25, 0.3) is 0 Å². The van der Waals surface area contributed by atoms with E-state index < -0.39 is 0 Å². The van der Waals surface area contributed by atoms with E-state index in [1.54, 1.807) is 0 Å². The van der Waals surface area contributed by atoms with E-state index >= 15 is 0 Å². The number of aryl methyl sites for hydroxylation is 1. The Balaban J connectivity index is 1.59. The van der Waals surface area contributed by atoms with Gasteiger partial charge >= 0.3 is 0 Å². The first-order chi connectivity index (χ1) is 14.3. The molecule has 0 atom stereocenters. The Morgan fingerprint density at radius 2 is 1.55 bits per heavy atom. The maximum absolute atomic E-state index is 5.05. The standard InChI is InChI=1S/C24H27N5/c1-27-14-16-28(17-15-27)24-25-21(19-8-3-2-4-9-19)18-23(26-24)29-13-7-11-20-10-5-6-12-22(20)29/h2-6,8-10,12,18H,7,11,13-17H2,1H3. The number of para-hydroxylation sites is 1. The third-order valence-corrected chi connectivity index (χ3v) is 5.94. The van der Waals surface area contributed by atoms with Gasteiger partial charge in [0, 0.05) is 50.0 Å². The van der Waals surface area contributed by atoms with Crippen LogP contribution in [0.3, 0.4) is 0 Å². The average molecular weight is 386 g/mol. The van der Waals surface area contributed by atoms with Crippen LogP contribution in [0.4, 0.5) is 17.5 Å². The molecule has 0 radical (unpaired) electrons. The molecule has 0 saturated carbocycles. The molecule has 0 spiro atoms. The van der Waals surface area contributed by atoms with Crippen molar-refractivity contribution in [2.45, 2.75) is 12.8 Å². The summed E-state index contributed by atoms with van der Waals surface area (Å²) in [6.07, 6.45) is 2.28. The third-order valence-electron chi connectivity index (χ3n) is 5.94. The van der Waals surface area contributed by atoms with Crippen molar-refractivity contribution in [3.63, 3.8) is 0 Å². The minimum Gasteiger partial charge on any atom is -0.338 e. The first-order valence-electron chi connectivity index (χ1n) is 10.5. The highest BCUT2D eigenvalue weighted by molar-refractivity contribution is 5.71. The lowest BCUT2D eigenvalue weighted by Gasteiger charge is -2.34. The fraction of sp³-hybridized carbons (Fsp3) is 0.333. The predicted octanol–water partition coefficient (Wildman–Crippen LogP) is 3.98. The van der Waals surface area contributed by atoms with Crippen LogP contribution >= 0.6 is 0 Å². The Bertz CT molecular complexity index is 980. The summed E-state index contributed by atoms with van der Waals surface area (Å²) in [7, 11) is 2.18. The van der Waals surface area contributed by atoms with Gasteiger partial charge in [-0.1, -0.05) is 48.5 Å². The van der Waals surface area contributed by atoms with Crippen LogP contribution in [0.1, 0.15) is 12.0 Å². The number of hydrogen-bond acceptors (Lipinski definition) is 5. The van der Waals surface area contributed by atoms with Gasteiger partial charge < -0.3 is 14.7 Å². The summed E-state index contributed by atoms with van der Waals surface area (Å²) in [4.78, 5) is 17.1. The van der Waals surface area contributed by atoms with E-state index in [9.17, 15) is 0 Å². The highest BCUT2D eigenvalue weighted by Gasteiger charge is 2.23. The Kier molecular flexibility index (Phi) is 4.90. The number of hydrogen-bond donors (Lipinski definition) is 0. The van der Waals surface area contributed by atoms with Gasteiger partial charge in [-0.25, -0.2) is 4.98 Å². The third kappa shape index (κ3) is 3.70. The van der Waals surface area contributed by atoms with Gasteiger partial charge in [0.05, 0.1) is 5.69 Å². The van der Waals surface area contributed by atoms with E-state index in [4.69, 9.17) is 9.97 Å². The predicted molar refractivity (Wildman–Crippen MR) is 119 cm³/mol. The molecule has 0 bridgehead atoms. The summed E-state index contributed by atoms with van der Waals surface area (Å²) < 4.78 is 0. The van der Waals surface area contributed by atoms with Crippen molar-refractivity contribution in [2.75, 3.05) is 49.6 Å². The zero-order valence-corrected chi connectivity index (χ0v) is 17.0. The average Bonchev–Trinajstić information content (AvgIpc) is 2.79. The van der Waals surface area contributed by atoms with Gasteiger partial charge in [0.2, 0.25) is 5.95 Å². The van der Waals surface area contributed by atoms with Gasteiger partial charge in [0.15, 0.2) is 0 Å². The van der Waals surface area contributed by atoms with Gasteiger partial charge in [-0.05, 0) is 31.5 Å². The topological polar surface area (TPSA) is 35.5 Å². The van der Waals surface area contributed by atoms with Crippen molar-refractivity contribution >= 4 is 17.5 Å². The highest BCUT2D eigenvalue weighted by Crippen LogP contribution is 2.34. The van der Waals surface area contributed by atoms with Crippen LogP contribution in [-0.4, -0.2) is 54.6 Å². The van der Waals surface area contributed by atoms with Crippen molar-refractivity contribution < 1.29 is 0 Å². The molecule has 1 saturated heterocycles. The molecule has 2 aliphatic heterocycles. The second kappa shape index (κ2) is 7.84. The van der Waals surface area contributed by atoms with Crippen molar-refractivity contribution in [1.29, 1.82) is 0 Å². The fourth-order valence-corrected chi connectivity index (χ4v) is 4.24. The number of anilines is 3. The lowest BCUT2D eigenvalue weighted by Crippen LogP contribution is -2.45. The van der Waals surface area contributed by atoms with Crippen molar-refractivity contribution in [1.82, 2.24) is 14.9 Å². The van der Waals surface area contributed by atoms with E-state index in [0.29, 0.717) is 0 Å². The minimum absolute atomic E-state index is 0.845. The zero-order valence-electron chi connectivity index (χ0n) is 17.0. The molecule has 5 heteroatoms. The van der Waals surface area contributed by atoms with Crippen LogP contribution in [0.2, 0.25) is 0 Å². The van der Waals surface area contributed by atoms with Gasteiger partial charge in [-0.2, -0.15) is 4.98 Å². The SMILES string of the molecule is CN1CCN(c2nc(-c3ccccc3)cc(N3CCCc4ccccc43)n2)CC1. The molecule has 0 unspecified atom stereocenters. The van der Waals surface area contributed by atoms with E-state index in [1.165, 1.54) is 11.3 Å². The summed E-state index contributed by atoms with van der Waals surface area (Å²) in [5.41, 5.74) is 4.81. The first kappa shape index (κ1) is 18.1. The molecular formula is C24H27N5. The number of benzene rings is 2. The molecule has 5 rings (SSSR count). The molecule has 1 aromatic heterocycles. The Morgan fingerprint density at radius 1 is 0.793 bits per heavy atom. The molecule has 2 aromatic carbocycles. The van der Waals surface area contributed by atoms with Crippen LogP contribution < -0.4 is 9.80 Å². The Hall–Kier alpha value is -2.92. The Labute approximate surface area is 172 Å². The monoisotopic (exact) mass is 385 g/mol. The van der Waals surface area contributed by atoms with Gasteiger partial charge in [-0.3, -0.25) is 0 Å². The van der Waals surface area contributed by atoms with E-state index in [2.05, 4.69) is 76.3 Å². The molecule has 148 valence electrons. The molecule has 0 N–H and O–H groups in total. The van der Waals surface area contributed by atoms with E-state index in [-0.39, 0.29) is 0 Å². The van der Waals surface area contributed by atoms with Crippen LogP contribution in [0, 0.1) is 0 Å². The summed E-state index contributed by atoms with van der Waals surface area (Å²) in [6.45, 7) is 5.00. The minimum atomic E-state index is 0.845. The van der Waals surface area contributed by atoms with Crippen molar-refractivity contribution in [2.24, 2.45) is 0 Å². The summed E-state index contributed by atoms with van der Waals surface area (Å²) in [5, 5.41) is 0. The van der Waals surface area contributed by atoms with Gasteiger partial charge in [0.1, 0.15) is 5.82 Å². The number of nitrogens with zero attached hydrogens (tertiary/aromatic N) is 5. The molecule has 29 heavy (non-hydrogen) atoms. The van der Waals surface area contributed by atoms with E-state index in [1.807, 2.05) is 6.07 Å². The van der Waals surface area contributed by atoms with Crippen LogP contribution in [-0.2, 0) is 6.42 Å². The highest BCUT2D eigenvalue weighted by atomic mass is 15.3. The molecule has 0 amide bonds. The molecular weight excluding hydrogens is 358 g/mol. The van der Waals surface area contributed by atoms with E-state index in [0.717, 1.165) is 68.6 Å². The number of fused-ring (bicyclic) bond motifs is 1. The number of likely N-dealkylation sites (N-methyl/N-ethyl adjacent to an activating group) is 1. The van der Waals surface area contributed by atoms with Crippen LogP contribution in [0.5, 0.6) is 0 Å². The summed E-state index contributed by atoms with van der Waals surface area (Å²) in [6, 6.07) is 21.3. The van der Waals surface area contributed by atoms with Crippen molar-refractivity contribution in [3.8, 4) is 11.3 Å². The first-order valence-corrected chi connectivity index (χ1v) is 10.5. The second-order valence-electron chi connectivity index (χ2n) is 7.95. The molecule has 3 aromatic rings. The maximum atomic E-state index is 5.05. The molecule has 5 nitrogen and oxygen atoms in total. The van der Waals surface area contributed by atoms with Gasteiger partial charge in [-0.15, -0.1) is 0 Å². The normalized spacial score (nSPS) is 17.3. The molecule has 3 heterocycles. The van der Waals surface area contributed by atoms with Crippen molar-refractivity contribution in [3.05, 3.63) is 66.2 Å². The maximum Gasteiger partial charge on any atom is 0.227 e. The summed E-state index contributed by atoms with van der Waals surface area (Å²) >= 11 is 0. The molecule has 0 aliphatic carbocycles. The van der Waals surface area contributed by atoms with Crippen LogP contribution in [0.15, 0.2) is 60.7 Å². The lowest BCUT2D eigenvalue weighted by atomic mass is 10.0. The molecule has 2 aliphatic rings. The zero-order chi connectivity index (χ0) is 19.6. The number of piperazine rings is 1. The number of rotatable bonds is 3. The Morgan fingerprint density at radius 3 is 2.38 bits per heavy atom. The quantitative estimate of drug-likeness (QED) is 0.681. The fourth-order valence-electron chi connectivity index (χ4n) is 4.24. The van der Waals surface area contributed by atoms with Crippen LogP contribution in [0.25, 0.3) is 11.3 Å².